The first-order chi connectivity index (χ1) is 5.48. The fraction of sp³-hybridized carbons (Fsp3) is 1.00. The van der Waals surface area contributed by atoms with Crippen molar-refractivity contribution in [1.82, 2.24) is 5.12 Å². The van der Waals surface area contributed by atoms with Gasteiger partial charge in [0.2, 0.25) is 0 Å². The molecule has 0 atom stereocenters. The Morgan fingerprint density at radius 2 is 1.75 bits per heavy atom. The van der Waals surface area contributed by atoms with Gasteiger partial charge in [-0.3, -0.25) is 0 Å². The average Bonchev–Trinajstić information content (AvgIpc) is 2.05. The third kappa shape index (κ3) is 9.85. The molecular weight excluding hydrogens is 157 g/mol. The van der Waals surface area contributed by atoms with Crippen LogP contribution < -0.4 is 0 Å². The molecule has 0 saturated carbocycles. The van der Waals surface area contributed by atoms with Crippen LogP contribution in [0.15, 0.2) is 0 Å². The third-order valence-corrected chi connectivity index (χ3v) is 2.05. The number of hydrogen-bond acceptors (Lipinski definition) is 2. The summed E-state index contributed by atoms with van der Waals surface area (Å²) in [5.74, 6) is 0. The van der Waals surface area contributed by atoms with Gasteiger partial charge in [0.05, 0.1) is 0 Å². The van der Waals surface area contributed by atoms with Crippen LogP contribution in [0.1, 0.15) is 33.6 Å². The van der Waals surface area contributed by atoms with Crippen LogP contribution in [0.2, 0.25) is 0 Å². The molecule has 76 valence electrons. The molecule has 0 aliphatic carbocycles. The molecule has 12 heavy (non-hydrogen) atoms. The van der Waals surface area contributed by atoms with Crippen LogP contribution in [0.4, 0.5) is 4.48 Å². The SMILES string of the molecule is CCC(C)(C)CCN(C)F.CO. The minimum atomic E-state index is 0.292. The fourth-order valence-electron chi connectivity index (χ4n) is 0.634. The molecule has 0 unspecified atom stereocenters. The predicted molar refractivity (Wildman–Crippen MR) is 50.6 cm³/mol. The standard InChI is InChI=1S/C8H18FN.CH4O/c1-5-8(2,3)6-7-10(4)9;1-2/h5-7H2,1-4H3;2H,1H3. The van der Waals surface area contributed by atoms with Crippen molar-refractivity contribution >= 4 is 0 Å². The summed E-state index contributed by atoms with van der Waals surface area (Å²) in [6.45, 7) is 7.01. The molecule has 0 fully saturated rings. The van der Waals surface area contributed by atoms with Crippen molar-refractivity contribution in [2.24, 2.45) is 5.41 Å². The van der Waals surface area contributed by atoms with Crippen LogP contribution in [0.5, 0.6) is 0 Å². The Hall–Kier alpha value is -0.150. The molecule has 0 amide bonds. The molecule has 0 saturated heterocycles. The zero-order valence-corrected chi connectivity index (χ0v) is 8.89. The molecule has 0 aliphatic rings. The van der Waals surface area contributed by atoms with Crippen molar-refractivity contribution in [2.45, 2.75) is 33.6 Å². The lowest BCUT2D eigenvalue weighted by molar-refractivity contribution is 0.0450. The largest absolute Gasteiger partial charge is 0.400 e. The van der Waals surface area contributed by atoms with Crippen molar-refractivity contribution in [3.05, 3.63) is 0 Å². The highest BCUT2D eigenvalue weighted by molar-refractivity contribution is 4.66. The Morgan fingerprint density at radius 1 is 1.33 bits per heavy atom. The Labute approximate surface area is 75.3 Å². The maximum absolute atomic E-state index is 12.2. The van der Waals surface area contributed by atoms with Crippen molar-refractivity contribution in [2.75, 3.05) is 20.7 Å². The molecule has 0 bridgehead atoms. The summed E-state index contributed by atoms with van der Waals surface area (Å²) in [5, 5.41) is 7.75. The van der Waals surface area contributed by atoms with Crippen LogP contribution in [0.3, 0.4) is 0 Å². The van der Waals surface area contributed by atoms with Gasteiger partial charge in [-0.1, -0.05) is 27.2 Å². The van der Waals surface area contributed by atoms with E-state index in [1.54, 1.807) is 0 Å². The van der Waals surface area contributed by atoms with Crippen molar-refractivity contribution < 1.29 is 9.59 Å². The Balaban J connectivity index is 0. The van der Waals surface area contributed by atoms with E-state index in [0.717, 1.165) is 25.1 Å². The molecule has 2 nitrogen and oxygen atoms in total. The lowest BCUT2D eigenvalue weighted by atomic mass is 9.87. The highest BCUT2D eigenvalue weighted by atomic mass is 19.2. The fourth-order valence-corrected chi connectivity index (χ4v) is 0.634. The predicted octanol–water partition coefficient (Wildman–Crippen LogP) is 2.24. The van der Waals surface area contributed by atoms with Crippen molar-refractivity contribution in [3.63, 3.8) is 0 Å². The van der Waals surface area contributed by atoms with Gasteiger partial charge in [-0.05, 0) is 11.8 Å². The Kier molecular flexibility index (Phi) is 8.98. The number of nitrogens with zero attached hydrogens (tertiary/aromatic N) is 1. The molecule has 3 heteroatoms. The average molecular weight is 179 g/mol. The molecule has 0 aromatic carbocycles. The summed E-state index contributed by atoms with van der Waals surface area (Å²) in [5.41, 5.74) is 0.292. The second-order valence-corrected chi connectivity index (χ2v) is 3.60. The molecule has 0 aromatic heterocycles. The first-order valence-corrected chi connectivity index (χ1v) is 4.29. The van der Waals surface area contributed by atoms with E-state index in [-0.39, 0.29) is 0 Å². The lowest BCUT2D eigenvalue weighted by Gasteiger charge is -2.22. The first kappa shape index (κ1) is 14.4. The van der Waals surface area contributed by atoms with Gasteiger partial charge in [-0.2, -0.15) is 0 Å². The van der Waals surface area contributed by atoms with Crippen molar-refractivity contribution in [3.8, 4) is 0 Å². The number of hydrogen-bond donors (Lipinski definition) is 1. The number of aliphatic hydroxyl groups is 1. The maximum atomic E-state index is 12.2. The first-order valence-electron chi connectivity index (χ1n) is 4.29. The monoisotopic (exact) mass is 179 g/mol. The van der Waals surface area contributed by atoms with Crippen LogP contribution in [0.25, 0.3) is 0 Å². The molecular formula is C9H22FNO. The maximum Gasteiger partial charge on any atom is 0.0319 e. The molecule has 0 aliphatic heterocycles. The zero-order valence-electron chi connectivity index (χ0n) is 8.89. The summed E-state index contributed by atoms with van der Waals surface area (Å²) < 4.78 is 12.2. The summed E-state index contributed by atoms with van der Waals surface area (Å²) in [6, 6.07) is 0. The third-order valence-electron chi connectivity index (χ3n) is 2.05. The molecule has 1 N–H and O–H groups in total. The van der Waals surface area contributed by atoms with Crippen LogP contribution in [-0.2, 0) is 0 Å². The topological polar surface area (TPSA) is 23.5 Å². The van der Waals surface area contributed by atoms with Crippen LogP contribution >= 0.6 is 0 Å². The van der Waals surface area contributed by atoms with E-state index in [2.05, 4.69) is 20.8 Å². The van der Waals surface area contributed by atoms with Crippen molar-refractivity contribution in [1.29, 1.82) is 0 Å². The summed E-state index contributed by atoms with van der Waals surface area (Å²) >= 11 is 0. The summed E-state index contributed by atoms with van der Waals surface area (Å²) in [4.78, 5) is 0. The molecule has 0 heterocycles. The number of halogens is 1. The number of aliphatic hydroxyl groups excluding tert-OH is 1. The van der Waals surface area contributed by atoms with Gasteiger partial charge in [0.25, 0.3) is 0 Å². The van der Waals surface area contributed by atoms with Gasteiger partial charge in [-0.15, -0.1) is 9.60 Å². The minimum absolute atomic E-state index is 0.292. The van der Waals surface area contributed by atoms with E-state index >= 15 is 0 Å². The second-order valence-electron chi connectivity index (χ2n) is 3.60. The minimum Gasteiger partial charge on any atom is -0.400 e. The quantitative estimate of drug-likeness (QED) is 0.669. The van der Waals surface area contributed by atoms with E-state index in [1.165, 1.54) is 7.05 Å². The van der Waals surface area contributed by atoms with E-state index < -0.39 is 0 Å². The van der Waals surface area contributed by atoms with Gasteiger partial charge >= 0.3 is 0 Å². The van der Waals surface area contributed by atoms with E-state index in [9.17, 15) is 4.48 Å². The van der Waals surface area contributed by atoms with Crippen LogP contribution in [-0.4, -0.2) is 30.9 Å². The lowest BCUT2D eigenvalue weighted by Crippen LogP contribution is -2.18. The second kappa shape index (κ2) is 7.50. The Morgan fingerprint density at radius 3 is 2.00 bits per heavy atom. The van der Waals surface area contributed by atoms with Gasteiger partial charge < -0.3 is 5.11 Å². The summed E-state index contributed by atoms with van der Waals surface area (Å²) in [6.07, 6.45) is 2.04. The number of rotatable bonds is 4. The molecule has 0 aromatic rings. The van der Waals surface area contributed by atoms with Gasteiger partial charge in [0, 0.05) is 20.7 Å². The normalized spacial score (nSPS) is 11.0. The Bertz CT molecular complexity index is 94.5. The van der Waals surface area contributed by atoms with E-state index in [0.29, 0.717) is 12.0 Å². The van der Waals surface area contributed by atoms with E-state index in [1.807, 2.05) is 0 Å². The van der Waals surface area contributed by atoms with Gasteiger partial charge in [0.15, 0.2) is 0 Å². The van der Waals surface area contributed by atoms with Crippen LogP contribution in [0, 0.1) is 5.41 Å². The highest BCUT2D eigenvalue weighted by Gasteiger charge is 2.14. The van der Waals surface area contributed by atoms with E-state index in [4.69, 9.17) is 5.11 Å². The highest BCUT2D eigenvalue weighted by Crippen LogP contribution is 2.24. The smallest absolute Gasteiger partial charge is 0.0319 e. The molecule has 0 spiro atoms. The zero-order chi connectivity index (χ0) is 10.2. The van der Waals surface area contributed by atoms with Gasteiger partial charge in [0.1, 0.15) is 0 Å². The molecule has 0 radical (unpaired) electrons. The summed E-state index contributed by atoms with van der Waals surface area (Å²) in [7, 11) is 2.46. The molecule has 0 rings (SSSR count). The van der Waals surface area contributed by atoms with Gasteiger partial charge in [-0.25, -0.2) is 0 Å².